The fraction of sp³-hybridized carbons (Fsp3) is 0.471. The van der Waals surface area contributed by atoms with Gasteiger partial charge in [0, 0.05) is 18.8 Å². The first kappa shape index (κ1) is 24.2. The Morgan fingerprint density at radius 2 is 1.51 bits per heavy atom. The summed E-state index contributed by atoms with van der Waals surface area (Å²) in [6.07, 6.45) is 12.9. The molecule has 0 aromatic heterocycles. The number of benzene rings is 2. The molecule has 3 aliphatic rings. The summed E-state index contributed by atoms with van der Waals surface area (Å²) in [5.41, 5.74) is 9.74. The van der Waals surface area contributed by atoms with Gasteiger partial charge in [-0.15, -0.1) is 0 Å². The summed E-state index contributed by atoms with van der Waals surface area (Å²) in [5, 5.41) is 0. The summed E-state index contributed by atoms with van der Waals surface area (Å²) in [6.45, 7) is 18.0. The lowest BCUT2D eigenvalue weighted by molar-refractivity contribution is 0.267. The van der Waals surface area contributed by atoms with Crippen LogP contribution in [0.4, 0.5) is 0 Å². The Balaban J connectivity index is 1.19. The number of allylic oxidation sites excluding steroid dienone is 2. The Bertz CT molecular complexity index is 1070. The number of hydrogen-bond donors (Lipinski definition) is 0. The normalized spacial score (nSPS) is 20.4. The lowest BCUT2D eigenvalue weighted by Gasteiger charge is -2.37. The zero-order chi connectivity index (χ0) is 24.4. The van der Waals surface area contributed by atoms with Crippen molar-refractivity contribution in [3.05, 3.63) is 90.5 Å². The molecule has 0 atom stereocenters. The highest BCUT2D eigenvalue weighted by molar-refractivity contribution is 5.69. The van der Waals surface area contributed by atoms with Crippen molar-refractivity contribution in [1.29, 1.82) is 0 Å². The van der Waals surface area contributed by atoms with Crippen LogP contribution >= 0.6 is 0 Å². The standard InChI is InChI=1S/C34H43N/c1-25(29-10-6-5-7-11-29)23-28-9-8-12-33(24-28)32-15-13-31(14-16-32)27(3)35-21-17-30(18-22-35)26(2)34(4)19-20-34/h8-9,12-16,24,29-30H,1-3,5-7,10-11,17-23H2,4H3. The Morgan fingerprint density at radius 3 is 2.17 bits per heavy atom. The zero-order valence-corrected chi connectivity index (χ0v) is 21.8. The molecule has 35 heavy (non-hydrogen) atoms. The lowest BCUT2D eigenvalue weighted by Crippen LogP contribution is -2.33. The van der Waals surface area contributed by atoms with Crippen LogP contribution in [-0.2, 0) is 6.42 Å². The van der Waals surface area contributed by atoms with Crippen LogP contribution in [0.15, 0.2) is 79.4 Å². The van der Waals surface area contributed by atoms with E-state index in [0.717, 1.165) is 31.1 Å². The van der Waals surface area contributed by atoms with Gasteiger partial charge in [-0.25, -0.2) is 0 Å². The van der Waals surface area contributed by atoms with E-state index in [1.807, 2.05) is 0 Å². The molecule has 2 aliphatic carbocycles. The molecular weight excluding hydrogens is 422 g/mol. The molecule has 1 aliphatic heterocycles. The molecule has 2 aromatic rings. The van der Waals surface area contributed by atoms with Gasteiger partial charge in [0.15, 0.2) is 0 Å². The third-order valence-corrected chi connectivity index (χ3v) is 9.24. The molecule has 0 radical (unpaired) electrons. The van der Waals surface area contributed by atoms with Crippen LogP contribution in [0, 0.1) is 17.3 Å². The van der Waals surface area contributed by atoms with Gasteiger partial charge in [0.25, 0.3) is 0 Å². The molecule has 0 bridgehead atoms. The van der Waals surface area contributed by atoms with Crippen LogP contribution < -0.4 is 0 Å². The van der Waals surface area contributed by atoms with E-state index in [1.54, 1.807) is 0 Å². The molecule has 1 heteroatoms. The fourth-order valence-electron chi connectivity index (χ4n) is 6.32. The van der Waals surface area contributed by atoms with Crippen molar-refractivity contribution in [3.8, 4) is 11.1 Å². The van der Waals surface area contributed by atoms with E-state index in [9.17, 15) is 0 Å². The molecule has 3 fully saturated rings. The van der Waals surface area contributed by atoms with Gasteiger partial charge in [-0.05, 0) is 84.5 Å². The van der Waals surface area contributed by atoms with Gasteiger partial charge < -0.3 is 4.90 Å². The van der Waals surface area contributed by atoms with Crippen LogP contribution in [0.3, 0.4) is 0 Å². The smallest absolute Gasteiger partial charge is 0.0366 e. The van der Waals surface area contributed by atoms with E-state index in [4.69, 9.17) is 0 Å². The number of likely N-dealkylation sites (tertiary alicyclic amines) is 1. The maximum atomic E-state index is 4.48. The average Bonchev–Trinajstić information content (AvgIpc) is 3.67. The van der Waals surface area contributed by atoms with Crippen molar-refractivity contribution in [3.63, 3.8) is 0 Å². The van der Waals surface area contributed by atoms with E-state index in [-0.39, 0.29) is 0 Å². The first-order valence-electron chi connectivity index (χ1n) is 13.9. The molecule has 1 saturated heterocycles. The highest BCUT2D eigenvalue weighted by Gasteiger charge is 2.43. The summed E-state index contributed by atoms with van der Waals surface area (Å²) in [6, 6.07) is 18.1. The minimum Gasteiger partial charge on any atom is -0.371 e. The van der Waals surface area contributed by atoms with E-state index < -0.39 is 0 Å². The summed E-state index contributed by atoms with van der Waals surface area (Å²) in [5.74, 6) is 1.41. The van der Waals surface area contributed by atoms with Crippen molar-refractivity contribution in [2.75, 3.05) is 13.1 Å². The third-order valence-electron chi connectivity index (χ3n) is 9.24. The molecule has 2 saturated carbocycles. The minimum absolute atomic E-state index is 0.445. The quantitative estimate of drug-likeness (QED) is 0.351. The molecule has 1 heterocycles. The van der Waals surface area contributed by atoms with Gasteiger partial charge >= 0.3 is 0 Å². The molecule has 2 aromatic carbocycles. The van der Waals surface area contributed by atoms with Crippen LogP contribution in [0.25, 0.3) is 16.8 Å². The van der Waals surface area contributed by atoms with Crippen molar-refractivity contribution in [2.24, 2.45) is 17.3 Å². The van der Waals surface area contributed by atoms with Crippen LogP contribution in [-0.4, -0.2) is 18.0 Å². The monoisotopic (exact) mass is 465 g/mol. The highest BCUT2D eigenvalue weighted by Crippen LogP contribution is 2.54. The average molecular weight is 466 g/mol. The summed E-state index contributed by atoms with van der Waals surface area (Å²) < 4.78 is 0. The SMILES string of the molecule is C=C(Cc1cccc(-c2ccc(C(=C)N3CCC(C(=C)C4(C)CC4)CC3)cc2)c1)C1CCCCC1. The Labute approximate surface area is 213 Å². The Kier molecular flexibility index (Phi) is 7.05. The molecular formula is C34H43N. The number of rotatable bonds is 8. The molecule has 1 nitrogen and oxygen atoms in total. The number of hydrogen-bond acceptors (Lipinski definition) is 1. The summed E-state index contributed by atoms with van der Waals surface area (Å²) >= 11 is 0. The predicted molar refractivity (Wildman–Crippen MR) is 151 cm³/mol. The third kappa shape index (κ3) is 5.50. The Hall–Kier alpha value is -2.54. The second kappa shape index (κ2) is 10.2. The Morgan fingerprint density at radius 1 is 0.829 bits per heavy atom. The number of piperidine rings is 1. The van der Waals surface area contributed by atoms with Crippen LogP contribution in [0.5, 0.6) is 0 Å². The molecule has 184 valence electrons. The minimum atomic E-state index is 0.445. The van der Waals surface area contributed by atoms with Crippen molar-refractivity contribution >= 4 is 5.70 Å². The van der Waals surface area contributed by atoms with Crippen molar-refractivity contribution in [1.82, 2.24) is 4.90 Å². The fourth-order valence-corrected chi connectivity index (χ4v) is 6.32. The van der Waals surface area contributed by atoms with Gasteiger partial charge in [-0.1, -0.05) is 106 Å². The largest absolute Gasteiger partial charge is 0.371 e. The molecule has 0 spiro atoms. The van der Waals surface area contributed by atoms with E-state index in [1.165, 1.54) is 91.2 Å². The molecule has 0 N–H and O–H groups in total. The molecule has 5 rings (SSSR count). The van der Waals surface area contributed by atoms with E-state index in [2.05, 4.69) is 80.1 Å². The lowest BCUT2D eigenvalue weighted by atomic mass is 9.81. The zero-order valence-electron chi connectivity index (χ0n) is 21.8. The van der Waals surface area contributed by atoms with Gasteiger partial charge in [0.05, 0.1) is 0 Å². The summed E-state index contributed by atoms with van der Waals surface area (Å²) in [4.78, 5) is 2.48. The first-order valence-corrected chi connectivity index (χ1v) is 13.9. The topological polar surface area (TPSA) is 3.24 Å². The number of nitrogens with zero attached hydrogens (tertiary/aromatic N) is 1. The van der Waals surface area contributed by atoms with Gasteiger partial charge in [0.2, 0.25) is 0 Å². The van der Waals surface area contributed by atoms with Crippen LogP contribution in [0.1, 0.15) is 75.8 Å². The molecule has 0 unspecified atom stereocenters. The van der Waals surface area contributed by atoms with Gasteiger partial charge in [-0.3, -0.25) is 0 Å². The van der Waals surface area contributed by atoms with Gasteiger partial charge in [0.1, 0.15) is 0 Å². The predicted octanol–water partition coefficient (Wildman–Crippen LogP) is 9.07. The summed E-state index contributed by atoms with van der Waals surface area (Å²) in [7, 11) is 0. The van der Waals surface area contributed by atoms with E-state index >= 15 is 0 Å². The van der Waals surface area contributed by atoms with Gasteiger partial charge in [-0.2, -0.15) is 0 Å². The van der Waals surface area contributed by atoms with E-state index in [0.29, 0.717) is 11.3 Å². The van der Waals surface area contributed by atoms with Crippen molar-refractivity contribution < 1.29 is 0 Å². The second-order valence-electron chi connectivity index (χ2n) is 11.7. The molecule has 0 amide bonds. The van der Waals surface area contributed by atoms with Crippen LogP contribution in [0.2, 0.25) is 0 Å². The van der Waals surface area contributed by atoms with Crippen molar-refractivity contribution in [2.45, 2.75) is 71.1 Å². The first-order chi connectivity index (χ1) is 16.9. The maximum Gasteiger partial charge on any atom is 0.0366 e. The highest BCUT2D eigenvalue weighted by atomic mass is 15.1. The maximum absolute atomic E-state index is 4.48. The second-order valence-corrected chi connectivity index (χ2v) is 11.7.